The quantitative estimate of drug-likeness (QED) is 0.773. The first-order chi connectivity index (χ1) is 6.74. The highest BCUT2D eigenvalue weighted by Crippen LogP contribution is 1.93. The third-order valence-electron chi connectivity index (χ3n) is 1.81. The Labute approximate surface area is 83.1 Å². The van der Waals surface area contributed by atoms with Crippen molar-refractivity contribution < 1.29 is 9.53 Å². The minimum absolute atomic E-state index is 0.373. The van der Waals surface area contributed by atoms with Crippen molar-refractivity contribution >= 4 is 6.09 Å². The van der Waals surface area contributed by atoms with Crippen molar-refractivity contribution in [2.45, 2.75) is 13.3 Å². The first-order valence-corrected chi connectivity index (χ1v) is 4.61. The molecule has 5 heteroatoms. The molecule has 1 rings (SSSR count). The summed E-state index contributed by atoms with van der Waals surface area (Å²) in [6.45, 7) is 2.72. The van der Waals surface area contributed by atoms with Crippen LogP contribution < -0.4 is 5.32 Å². The smallest absolute Gasteiger partial charge is 0.407 e. The summed E-state index contributed by atoms with van der Waals surface area (Å²) in [4.78, 5) is 15.0. The van der Waals surface area contributed by atoms with Gasteiger partial charge >= 0.3 is 6.09 Å². The third kappa shape index (κ3) is 3.08. The molecule has 78 valence electrons. The van der Waals surface area contributed by atoms with Gasteiger partial charge in [-0.05, 0) is 6.92 Å². The molecule has 0 saturated carbocycles. The van der Waals surface area contributed by atoms with E-state index in [0.29, 0.717) is 19.6 Å². The highest BCUT2D eigenvalue weighted by Gasteiger charge is 2.01. The molecule has 1 aromatic rings. The fourth-order valence-electron chi connectivity index (χ4n) is 1.10. The number of rotatable bonds is 4. The van der Waals surface area contributed by atoms with Crippen molar-refractivity contribution in [3.05, 3.63) is 18.2 Å². The van der Waals surface area contributed by atoms with Crippen LogP contribution >= 0.6 is 0 Å². The maximum Gasteiger partial charge on any atom is 0.407 e. The average Bonchev–Trinajstić information content (AvgIpc) is 2.52. The molecule has 0 fully saturated rings. The second kappa shape index (κ2) is 5.26. The second-order valence-electron chi connectivity index (χ2n) is 2.85. The van der Waals surface area contributed by atoms with Gasteiger partial charge in [0.2, 0.25) is 0 Å². The van der Waals surface area contributed by atoms with E-state index in [-0.39, 0.29) is 6.09 Å². The number of hydrogen-bond acceptors (Lipinski definition) is 3. The normalized spacial score (nSPS) is 9.86. The lowest BCUT2D eigenvalue weighted by atomic mass is 10.4. The van der Waals surface area contributed by atoms with Crippen molar-refractivity contribution in [1.82, 2.24) is 14.9 Å². The summed E-state index contributed by atoms with van der Waals surface area (Å²) < 4.78 is 6.64. The average molecular weight is 197 g/mol. The molecule has 1 aromatic heterocycles. The third-order valence-corrected chi connectivity index (χ3v) is 1.81. The highest BCUT2D eigenvalue weighted by atomic mass is 16.5. The Morgan fingerprint density at radius 2 is 2.50 bits per heavy atom. The SMILES string of the molecule is CCOC(=O)NCCc1nccn1C. The predicted molar refractivity (Wildman–Crippen MR) is 51.9 cm³/mol. The number of nitrogens with zero attached hydrogens (tertiary/aromatic N) is 2. The van der Waals surface area contributed by atoms with Gasteiger partial charge in [0.1, 0.15) is 5.82 Å². The number of nitrogens with one attached hydrogen (secondary N) is 1. The molecule has 0 spiro atoms. The monoisotopic (exact) mass is 197 g/mol. The molecule has 0 aliphatic rings. The second-order valence-corrected chi connectivity index (χ2v) is 2.85. The van der Waals surface area contributed by atoms with Gasteiger partial charge < -0.3 is 14.6 Å². The zero-order chi connectivity index (χ0) is 10.4. The number of aromatic nitrogens is 2. The maximum atomic E-state index is 10.9. The van der Waals surface area contributed by atoms with E-state index in [2.05, 4.69) is 10.3 Å². The largest absolute Gasteiger partial charge is 0.450 e. The van der Waals surface area contributed by atoms with Gasteiger partial charge in [0.25, 0.3) is 0 Å². The lowest BCUT2D eigenvalue weighted by molar-refractivity contribution is 0.152. The summed E-state index contributed by atoms with van der Waals surface area (Å²) in [6, 6.07) is 0. The fourth-order valence-corrected chi connectivity index (χ4v) is 1.10. The molecule has 0 saturated heterocycles. The molecule has 1 heterocycles. The van der Waals surface area contributed by atoms with Gasteiger partial charge in [-0.25, -0.2) is 9.78 Å². The number of carbonyl (C=O) groups excluding carboxylic acids is 1. The summed E-state index contributed by atoms with van der Waals surface area (Å²) in [5.74, 6) is 0.946. The Kier molecular flexibility index (Phi) is 3.97. The van der Waals surface area contributed by atoms with Crippen molar-refractivity contribution in [2.24, 2.45) is 7.05 Å². The number of amides is 1. The van der Waals surface area contributed by atoms with Crippen LogP contribution in [0.15, 0.2) is 12.4 Å². The molecule has 0 atom stereocenters. The molecule has 0 bridgehead atoms. The van der Waals surface area contributed by atoms with Crippen LogP contribution in [0.5, 0.6) is 0 Å². The number of carbonyl (C=O) groups is 1. The van der Waals surface area contributed by atoms with Crippen LogP contribution in [0.2, 0.25) is 0 Å². The number of alkyl carbamates (subject to hydrolysis) is 1. The lowest BCUT2D eigenvalue weighted by Crippen LogP contribution is -2.27. The summed E-state index contributed by atoms with van der Waals surface area (Å²) in [6.07, 6.45) is 3.95. The van der Waals surface area contributed by atoms with Gasteiger partial charge in [0.05, 0.1) is 6.61 Å². The summed E-state index contributed by atoms with van der Waals surface area (Å²) >= 11 is 0. The molecule has 0 aromatic carbocycles. The van der Waals surface area contributed by atoms with Gasteiger partial charge in [-0.2, -0.15) is 0 Å². The van der Waals surface area contributed by atoms with E-state index in [4.69, 9.17) is 4.74 Å². The number of aryl methyl sites for hydroxylation is 1. The Balaban J connectivity index is 2.22. The Morgan fingerprint density at radius 3 is 3.07 bits per heavy atom. The van der Waals surface area contributed by atoms with Crippen LogP contribution in [0.25, 0.3) is 0 Å². The number of hydrogen-bond donors (Lipinski definition) is 1. The molecule has 1 amide bonds. The van der Waals surface area contributed by atoms with Gasteiger partial charge in [-0.3, -0.25) is 0 Å². The number of ether oxygens (including phenoxy) is 1. The Morgan fingerprint density at radius 1 is 1.71 bits per heavy atom. The van der Waals surface area contributed by atoms with Crippen LogP contribution in [0, 0.1) is 0 Å². The number of imidazole rings is 1. The van der Waals surface area contributed by atoms with Crippen LogP contribution in [0.4, 0.5) is 4.79 Å². The summed E-state index contributed by atoms with van der Waals surface area (Å²) in [5, 5.41) is 2.63. The molecule has 1 N–H and O–H groups in total. The van der Waals surface area contributed by atoms with Gasteiger partial charge in [0.15, 0.2) is 0 Å². The van der Waals surface area contributed by atoms with Crippen LogP contribution in [0.1, 0.15) is 12.7 Å². The topological polar surface area (TPSA) is 56.1 Å². The van der Waals surface area contributed by atoms with E-state index in [0.717, 1.165) is 5.82 Å². The lowest BCUT2D eigenvalue weighted by Gasteiger charge is -2.04. The van der Waals surface area contributed by atoms with Crippen LogP contribution in [-0.4, -0.2) is 28.8 Å². The first-order valence-electron chi connectivity index (χ1n) is 4.61. The van der Waals surface area contributed by atoms with Gasteiger partial charge in [-0.15, -0.1) is 0 Å². The molecule has 0 aliphatic heterocycles. The van der Waals surface area contributed by atoms with Crippen molar-refractivity contribution in [3.8, 4) is 0 Å². The zero-order valence-electron chi connectivity index (χ0n) is 8.49. The van der Waals surface area contributed by atoms with Gasteiger partial charge in [0, 0.05) is 32.4 Å². The maximum absolute atomic E-state index is 10.9. The van der Waals surface area contributed by atoms with Crippen molar-refractivity contribution in [2.75, 3.05) is 13.2 Å². The van der Waals surface area contributed by atoms with E-state index in [1.165, 1.54) is 0 Å². The van der Waals surface area contributed by atoms with E-state index >= 15 is 0 Å². The van der Waals surface area contributed by atoms with Crippen molar-refractivity contribution in [3.63, 3.8) is 0 Å². The minimum Gasteiger partial charge on any atom is -0.450 e. The minimum atomic E-state index is -0.373. The highest BCUT2D eigenvalue weighted by molar-refractivity contribution is 5.66. The first kappa shape index (κ1) is 10.6. The molecule has 0 unspecified atom stereocenters. The van der Waals surface area contributed by atoms with E-state index in [1.54, 1.807) is 13.1 Å². The van der Waals surface area contributed by atoms with Crippen LogP contribution in [-0.2, 0) is 18.2 Å². The zero-order valence-corrected chi connectivity index (χ0v) is 8.49. The standard InChI is InChI=1S/C9H15N3O2/c1-3-14-9(13)11-5-4-8-10-6-7-12(8)2/h6-7H,3-5H2,1-2H3,(H,11,13). The van der Waals surface area contributed by atoms with Crippen molar-refractivity contribution in [1.29, 1.82) is 0 Å². The molecular formula is C9H15N3O2. The molecule has 5 nitrogen and oxygen atoms in total. The van der Waals surface area contributed by atoms with E-state index in [1.807, 2.05) is 17.8 Å². The van der Waals surface area contributed by atoms with Gasteiger partial charge in [-0.1, -0.05) is 0 Å². The van der Waals surface area contributed by atoms with Crippen LogP contribution in [0.3, 0.4) is 0 Å². The summed E-state index contributed by atoms with van der Waals surface area (Å²) in [7, 11) is 1.92. The van der Waals surface area contributed by atoms with E-state index < -0.39 is 0 Å². The van der Waals surface area contributed by atoms with E-state index in [9.17, 15) is 4.79 Å². The Hall–Kier alpha value is -1.52. The molecule has 0 aliphatic carbocycles. The molecule has 14 heavy (non-hydrogen) atoms. The predicted octanol–water partition coefficient (Wildman–Crippen LogP) is 0.709. The summed E-state index contributed by atoms with van der Waals surface area (Å²) in [5.41, 5.74) is 0. The Bertz CT molecular complexity index is 296. The molecule has 0 radical (unpaired) electrons. The molecular weight excluding hydrogens is 182 g/mol. The fraction of sp³-hybridized carbons (Fsp3) is 0.556.